The maximum absolute atomic E-state index is 13.0. The molecule has 1 aliphatic heterocycles. The monoisotopic (exact) mass is 1030 g/mol. The lowest BCUT2D eigenvalue weighted by Gasteiger charge is -2.40. The normalized spacial score (nSPS) is 20.0. The molecule has 74 heavy (non-hydrogen) atoms. The summed E-state index contributed by atoms with van der Waals surface area (Å²) in [5.41, 5.74) is 0. The molecule has 9 heteroatoms. The van der Waals surface area contributed by atoms with E-state index in [1.54, 1.807) is 6.08 Å². The molecule has 420 valence electrons. The summed E-state index contributed by atoms with van der Waals surface area (Å²) in [4.78, 5) is 13.0. The smallest absolute Gasteiger partial charge is 0.220 e. The molecule has 0 spiro atoms. The highest BCUT2D eigenvalue weighted by molar-refractivity contribution is 5.76. The molecule has 1 fully saturated rings. The molecule has 7 unspecified atom stereocenters. The van der Waals surface area contributed by atoms with Gasteiger partial charge in [-0.05, 0) is 103 Å². The first-order chi connectivity index (χ1) is 36.3. The average Bonchev–Trinajstić information content (AvgIpc) is 3.40. The minimum Gasteiger partial charge on any atom is -0.394 e. The van der Waals surface area contributed by atoms with Crippen LogP contribution in [0.5, 0.6) is 0 Å². The van der Waals surface area contributed by atoms with Gasteiger partial charge in [-0.1, -0.05) is 237 Å². The summed E-state index contributed by atoms with van der Waals surface area (Å²) in [7, 11) is 0. The predicted octanol–water partition coefficient (Wildman–Crippen LogP) is 14.9. The number of nitrogens with one attached hydrogen (secondary N) is 1. The van der Waals surface area contributed by atoms with Crippen molar-refractivity contribution in [3.8, 4) is 0 Å². The number of unbranched alkanes of at least 4 members (excludes halogenated alkanes) is 18. The molecule has 0 saturated carbocycles. The first-order valence-corrected chi connectivity index (χ1v) is 29.4. The van der Waals surface area contributed by atoms with E-state index in [2.05, 4.69) is 141 Å². The van der Waals surface area contributed by atoms with Gasteiger partial charge in [0, 0.05) is 6.42 Å². The number of amides is 1. The molecule has 1 amide bonds. The highest BCUT2D eigenvalue weighted by atomic mass is 16.7. The maximum atomic E-state index is 13.0. The summed E-state index contributed by atoms with van der Waals surface area (Å²) in [5.74, 6) is -0.200. The standard InChI is InChI=1S/C65H107NO8/c1-3-5-7-9-11-13-15-17-19-20-21-22-23-24-25-26-27-28-29-30-31-32-33-34-35-36-37-38-39-40-41-43-45-47-49-51-53-55-61(69)66-58(57-73-65-64(72)63(71)62(70)60(56-67)74-65)59(68)54-52-50-48-46-44-42-18-16-14-12-10-8-6-4-2/h5,7,11,13,17,19,21-22,24-25,27-28,30-31,33-34,36-37,44,46,52,54,58-60,62-65,67-68,70-72H,3-4,6,8-10,12,14-16,18,20,23,26,29,32,35,38-43,45,47-51,53,55-57H2,1-2H3,(H,66,69)/b7-5-,13-11-,19-17-,22-21-,25-24-,28-27-,31-30-,34-33-,37-36-,46-44+,54-52+. The van der Waals surface area contributed by atoms with Gasteiger partial charge in [0.2, 0.25) is 5.91 Å². The number of hydrogen-bond donors (Lipinski definition) is 6. The van der Waals surface area contributed by atoms with Crippen molar-refractivity contribution in [2.75, 3.05) is 13.2 Å². The lowest BCUT2D eigenvalue weighted by molar-refractivity contribution is -0.302. The van der Waals surface area contributed by atoms with E-state index in [1.165, 1.54) is 83.5 Å². The van der Waals surface area contributed by atoms with Gasteiger partial charge in [-0.25, -0.2) is 0 Å². The van der Waals surface area contributed by atoms with Crippen LogP contribution in [0.3, 0.4) is 0 Å². The van der Waals surface area contributed by atoms with Crippen LogP contribution in [0, 0.1) is 0 Å². The Balaban J connectivity index is 2.19. The molecule has 0 aromatic heterocycles. The van der Waals surface area contributed by atoms with Crippen LogP contribution in [0.15, 0.2) is 134 Å². The zero-order chi connectivity index (χ0) is 53.6. The van der Waals surface area contributed by atoms with Crippen LogP contribution >= 0.6 is 0 Å². The minimum absolute atomic E-state index is 0.200. The average molecular weight is 1030 g/mol. The topological polar surface area (TPSA) is 149 Å². The Morgan fingerprint density at radius 3 is 1.30 bits per heavy atom. The molecule has 7 atom stereocenters. The van der Waals surface area contributed by atoms with Crippen LogP contribution in [-0.2, 0) is 14.3 Å². The molecule has 1 heterocycles. The molecular weight excluding hydrogens is 923 g/mol. The predicted molar refractivity (Wildman–Crippen MR) is 313 cm³/mol. The third-order valence-electron chi connectivity index (χ3n) is 13.0. The molecule has 0 radical (unpaired) electrons. The first kappa shape index (κ1) is 68.3. The molecule has 0 aromatic rings. The number of aliphatic hydroxyl groups is 5. The molecular formula is C65H107NO8. The lowest BCUT2D eigenvalue weighted by atomic mass is 9.99. The third kappa shape index (κ3) is 41.6. The molecule has 1 aliphatic rings. The van der Waals surface area contributed by atoms with E-state index >= 15 is 0 Å². The van der Waals surface area contributed by atoms with Crippen molar-refractivity contribution in [3.05, 3.63) is 134 Å². The van der Waals surface area contributed by atoms with E-state index in [4.69, 9.17) is 9.47 Å². The number of ether oxygens (including phenoxy) is 2. The molecule has 0 aromatic carbocycles. The Morgan fingerprint density at radius 2 is 0.851 bits per heavy atom. The van der Waals surface area contributed by atoms with E-state index in [1.807, 2.05) is 6.08 Å². The van der Waals surface area contributed by atoms with Crippen molar-refractivity contribution in [1.82, 2.24) is 5.32 Å². The summed E-state index contributed by atoms with van der Waals surface area (Å²) in [5, 5.41) is 54.4. The Hall–Kier alpha value is -3.67. The third-order valence-corrected chi connectivity index (χ3v) is 13.0. The lowest BCUT2D eigenvalue weighted by Crippen LogP contribution is -2.60. The highest BCUT2D eigenvalue weighted by Gasteiger charge is 2.44. The summed E-state index contributed by atoms with van der Waals surface area (Å²) >= 11 is 0. The molecule has 0 aliphatic carbocycles. The number of hydrogen-bond acceptors (Lipinski definition) is 8. The second-order valence-electron chi connectivity index (χ2n) is 19.7. The van der Waals surface area contributed by atoms with E-state index in [0.29, 0.717) is 6.42 Å². The zero-order valence-electron chi connectivity index (χ0n) is 46.5. The van der Waals surface area contributed by atoms with Crippen molar-refractivity contribution < 1.29 is 39.8 Å². The van der Waals surface area contributed by atoms with E-state index in [9.17, 15) is 30.3 Å². The van der Waals surface area contributed by atoms with Gasteiger partial charge in [0.15, 0.2) is 6.29 Å². The van der Waals surface area contributed by atoms with Crippen LogP contribution in [0.2, 0.25) is 0 Å². The van der Waals surface area contributed by atoms with Crippen molar-refractivity contribution in [2.45, 2.75) is 256 Å². The second-order valence-corrected chi connectivity index (χ2v) is 19.7. The van der Waals surface area contributed by atoms with E-state index < -0.39 is 49.5 Å². The van der Waals surface area contributed by atoms with E-state index in [-0.39, 0.29) is 12.5 Å². The quantitative estimate of drug-likeness (QED) is 0.0261. The SMILES string of the molecule is CC/C=C\C/C=C\C/C=C\C/C=C\C/C=C\C/C=C\C/C=C\C/C=C\C/C=C\CCCCCCCCCCCC(=O)NC(COC1OC(CO)C(O)C(O)C1O)C(O)/C=C/CC/C=C/CCCCCCCCCC. The fraction of sp³-hybridized carbons (Fsp3) is 0.646. The van der Waals surface area contributed by atoms with Crippen LogP contribution in [0.25, 0.3) is 0 Å². The molecule has 9 nitrogen and oxygen atoms in total. The van der Waals surface area contributed by atoms with E-state index in [0.717, 1.165) is 109 Å². The van der Waals surface area contributed by atoms with Crippen molar-refractivity contribution in [2.24, 2.45) is 0 Å². The van der Waals surface area contributed by atoms with Crippen LogP contribution < -0.4 is 5.32 Å². The summed E-state index contributed by atoms with van der Waals surface area (Å²) in [6.45, 7) is 3.62. The largest absolute Gasteiger partial charge is 0.394 e. The minimum atomic E-state index is -1.58. The first-order valence-electron chi connectivity index (χ1n) is 29.4. The number of rotatable bonds is 48. The van der Waals surface area contributed by atoms with Gasteiger partial charge in [-0.15, -0.1) is 0 Å². The Morgan fingerprint density at radius 1 is 0.473 bits per heavy atom. The number of carbonyl (C=O) groups is 1. The van der Waals surface area contributed by atoms with Gasteiger partial charge in [-0.2, -0.15) is 0 Å². The Bertz CT molecular complexity index is 1620. The summed E-state index contributed by atoms with van der Waals surface area (Å²) in [6, 6.07) is -0.834. The van der Waals surface area contributed by atoms with Gasteiger partial charge >= 0.3 is 0 Å². The highest BCUT2D eigenvalue weighted by Crippen LogP contribution is 2.23. The van der Waals surface area contributed by atoms with Crippen molar-refractivity contribution in [1.29, 1.82) is 0 Å². The summed E-state index contributed by atoms with van der Waals surface area (Å²) in [6.07, 6.45) is 73.8. The number of carbonyl (C=O) groups excluding carboxylic acids is 1. The fourth-order valence-electron chi connectivity index (χ4n) is 8.34. The molecule has 0 bridgehead atoms. The van der Waals surface area contributed by atoms with Crippen LogP contribution in [0.4, 0.5) is 0 Å². The molecule has 6 N–H and O–H groups in total. The van der Waals surface area contributed by atoms with Gasteiger partial charge in [-0.3, -0.25) is 4.79 Å². The molecule has 1 saturated heterocycles. The Labute approximate surface area is 451 Å². The number of allylic oxidation sites excluding steroid dienone is 21. The zero-order valence-corrected chi connectivity index (χ0v) is 46.5. The fourth-order valence-corrected chi connectivity index (χ4v) is 8.34. The van der Waals surface area contributed by atoms with Gasteiger partial charge in [0.25, 0.3) is 0 Å². The second kappa shape index (κ2) is 52.8. The Kier molecular flexibility index (Phi) is 48.7. The van der Waals surface area contributed by atoms with Crippen molar-refractivity contribution >= 4 is 5.91 Å². The van der Waals surface area contributed by atoms with Crippen LogP contribution in [-0.4, -0.2) is 87.5 Å². The van der Waals surface area contributed by atoms with Gasteiger partial charge in [0.1, 0.15) is 24.4 Å². The number of aliphatic hydroxyl groups excluding tert-OH is 5. The summed E-state index contributed by atoms with van der Waals surface area (Å²) < 4.78 is 11.2. The molecule has 1 rings (SSSR count). The van der Waals surface area contributed by atoms with Crippen LogP contribution in [0.1, 0.15) is 213 Å². The maximum Gasteiger partial charge on any atom is 0.220 e. The van der Waals surface area contributed by atoms with Gasteiger partial charge in [0.05, 0.1) is 25.4 Å². The van der Waals surface area contributed by atoms with Crippen molar-refractivity contribution in [3.63, 3.8) is 0 Å². The van der Waals surface area contributed by atoms with Gasteiger partial charge < -0.3 is 40.3 Å².